The van der Waals surface area contributed by atoms with Gasteiger partial charge in [-0.25, -0.2) is 0 Å². The van der Waals surface area contributed by atoms with Crippen molar-refractivity contribution in [2.75, 3.05) is 0 Å². The van der Waals surface area contributed by atoms with Gasteiger partial charge in [-0.05, 0) is 105 Å². The maximum absolute atomic E-state index is 10.9. The van der Waals surface area contributed by atoms with Crippen LogP contribution < -0.4 is 0 Å². The molecule has 6 aromatic carbocycles. The number of fused-ring (bicyclic) bond motifs is 4. The Kier molecular flexibility index (Phi) is 8.79. The quantitative estimate of drug-likeness (QED) is 0.153. The van der Waals surface area contributed by atoms with E-state index < -0.39 is 0 Å². The van der Waals surface area contributed by atoms with Crippen molar-refractivity contribution in [3.63, 3.8) is 0 Å². The second-order valence-electron chi connectivity index (χ2n) is 15.2. The zero-order valence-corrected chi connectivity index (χ0v) is 32.9. The number of benzene rings is 6. The van der Waals surface area contributed by atoms with Gasteiger partial charge >= 0.3 is 0 Å². The number of rotatable bonds is 7. The molecule has 4 nitrogen and oxygen atoms in total. The lowest BCUT2D eigenvalue weighted by atomic mass is 9.97. The van der Waals surface area contributed by atoms with Crippen LogP contribution >= 0.6 is 0 Å². The molecule has 0 N–H and O–H groups in total. The lowest BCUT2D eigenvalue weighted by molar-refractivity contribution is 1.02. The number of allylic oxidation sites excluding steroid dienone is 2. The lowest BCUT2D eigenvalue weighted by Gasteiger charge is -2.20. The Morgan fingerprint density at radius 1 is 0.579 bits per heavy atom. The summed E-state index contributed by atoms with van der Waals surface area (Å²) in [5.41, 5.74) is 18.4. The van der Waals surface area contributed by atoms with E-state index in [9.17, 15) is 5.26 Å². The van der Waals surface area contributed by atoms with Crippen LogP contribution in [-0.2, 0) is 0 Å². The average molecular weight is 735 g/mol. The van der Waals surface area contributed by atoms with Gasteiger partial charge in [-0.3, -0.25) is 4.98 Å². The van der Waals surface area contributed by atoms with E-state index in [0.717, 1.165) is 83.8 Å². The Morgan fingerprint density at radius 2 is 1.21 bits per heavy atom. The van der Waals surface area contributed by atoms with Gasteiger partial charge in [-0.1, -0.05) is 127 Å². The van der Waals surface area contributed by atoms with Crippen LogP contribution in [0.2, 0.25) is 0 Å². The third kappa shape index (κ3) is 6.24. The number of aromatic nitrogens is 3. The van der Waals surface area contributed by atoms with Gasteiger partial charge in [0.2, 0.25) is 0 Å². The molecular weight excluding hydrogens is 693 g/mol. The molecule has 3 heterocycles. The van der Waals surface area contributed by atoms with E-state index in [-0.39, 0.29) is 0 Å². The van der Waals surface area contributed by atoms with Crippen molar-refractivity contribution in [3.05, 3.63) is 197 Å². The maximum atomic E-state index is 10.9. The van der Waals surface area contributed by atoms with Crippen LogP contribution in [0.4, 0.5) is 0 Å². The molecule has 0 radical (unpaired) electrons. The summed E-state index contributed by atoms with van der Waals surface area (Å²) in [6, 6.07) is 52.2. The first-order valence-electron chi connectivity index (χ1n) is 19.4. The number of hydrogen-bond donors (Lipinski definition) is 0. The molecule has 3 aromatic heterocycles. The second kappa shape index (κ2) is 14.1. The SMILES string of the molecule is C=C(/C=C\c1c(C)n(-c2cc(C#N)c(-c3cc(C)nc(C)c3)cc2-n2c3ccccc3c3ccc(-c4cccc(C)c4)cc32)c2ccccc12)c1cccc(C)c1. The van der Waals surface area contributed by atoms with Gasteiger partial charge in [-0.2, -0.15) is 5.26 Å². The summed E-state index contributed by atoms with van der Waals surface area (Å²) < 4.78 is 4.73. The minimum absolute atomic E-state index is 0.599. The number of nitriles is 1. The van der Waals surface area contributed by atoms with Crippen LogP contribution in [0, 0.1) is 45.9 Å². The van der Waals surface area contributed by atoms with Crippen molar-refractivity contribution in [2.24, 2.45) is 0 Å². The molecule has 0 unspecified atom stereocenters. The molecule has 9 rings (SSSR count). The molecule has 9 aromatic rings. The van der Waals surface area contributed by atoms with Crippen molar-refractivity contribution < 1.29 is 0 Å². The molecular formula is C53H42N4. The minimum atomic E-state index is 0.599. The predicted octanol–water partition coefficient (Wildman–Crippen LogP) is 13.6. The van der Waals surface area contributed by atoms with E-state index in [1.54, 1.807) is 0 Å². The van der Waals surface area contributed by atoms with Gasteiger partial charge in [0, 0.05) is 44.4 Å². The maximum Gasteiger partial charge on any atom is 0.0998 e. The van der Waals surface area contributed by atoms with Gasteiger partial charge in [0.15, 0.2) is 0 Å². The molecule has 57 heavy (non-hydrogen) atoms. The summed E-state index contributed by atoms with van der Waals surface area (Å²) in [5.74, 6) is 0. The highest BCUT2D eigenvalue weighted by Crippen LogP contribution is 2.41. The van der Waals surface area contributed by atoms with E-state index >= 15 is 0 Å². The standard InChI is InChI=1S/C53H42N4/c1-33-13-11-15-39(25-33)35(3)21-23-44-38(6)56(49-19-9-7-17-45(44)49)52-30-43(32-54)48(42-27-36(4)55-37(5)28-42)31-53(52)57-50-20-10-8-18-46(50)47-24-22-41(29-51(47)57)40-16-12-14-34(2)26-40/h7-31H,3H2,1-2,4-6H3/b23-21-. The zero-order valence-electron chi connectivity index (χ0n) is 32.9. The van der Waals surface area contributed by atoms with Gasteiger partial charge in [-0.15, -0.1) is 0 Å². The van der Waals surface area contributed by atoms with Gasteiger partial charge in [0.1, 0.15) is 0 Å². The molecule has 0 spiro atoms. The molecule has 0 fully saturated rings. The zero-order chi connectivity index (χ0) is 39.4. The normalized spacial score (nSPS) is 11.6. The summed E-state index contributed by atoms with van der Waals surface area (Å²) in [4.78, 5) is 4.68. The Bertz CT molecular complexity index is 3140. The fourth-order valence-corrected chi connectivity index (χ4v) is 8.53. The minimum Gasteiger partial charge on any atom is -0.311 e. The van der Waals surface area contributed by atoms with Gasteiger partial charge < -0.3 is 9.13 Å². The predicted molar refractivity (Wildman–Crippen MR) is 239 cm³/mol. The van der Waals surface area contributed by atoms with E-state index in [0.29, 0.717) is 5.56 Å². The molecule has 0 aliphatic carbocycles. The van der Waals surface area contributed by atoms with Crippen molar-refractivity contribution in [3.8, 4) is 39.7 Å². The smallest absolute Gasteiger partial charge is 0.0998 e. The number of para-hydroxylation sites is 2. The molecule has 0 saturated heterocycles. The van der Waals surface area contributed by atoms with Crippen molar-refractivity contribution in [1.29, 1.82) is 5.26 Å². The molecule has 0 aliphatic rings. The number of nitrogens with zero attached hydrogens (tertiary/aromatic N) is 4. The summed E-state index contributed by atoms with van der Waals surface area (Å²) >= 11 is 0. The van der Waals surface area contributed by atoms with Crippen LogP contribution in [0.5, 0.6) is 0 Å². The largest absolute Gasteiger partial charge is 0.311 e. The Balaban J connectivity index is 1.37. The third-order valence-electron chi connectivity index (χ3n) is 11.1. The molecule has 0 bridgehead atoms. The first-order valence-corrected chi connectivity index (χ1v) is 19.4. The van der Waals surface area contributed by atoms with Crippen LogP contribution in [0.3, 0.4) is 0 Å². The van der Waals surface area contributed by atoms with Crippen LogP contribution in [-0.4, -0.2) is 14.1 Å². The van der Waals surface area contributed by atoms with Crippen molar-refractivity contribution in [1.82, 2.24) is 14.1 Å². The number of pyridine rings is 1. The van der Waals surface area contributed by atoms with Crippen molar-refractivity contribution >= 4 is 44.4 Å². The Hall–Kier alpha value is -7.22. The van der Waals surface area contributed by atoms with Gasteiger partial charge in [0.25, 0.3) is 0 Å². The number of hydrogen-bond acceptors (Lipinski definition) is 2. The third-order valence-corrected chi connectivity index (χ3v) is 11.1. The van der Waals surface area contributed by atoms with Crippen LogP contribution in [0.1, 0.15) is 44.9 Å². The molecule has 0 saturated carbocycles. The monoisotopic (exact) mass is 734 g/mol. The first kappa shape index (κ1) is 35.5. The lowest BCUT2D eigenvalue weighted by Crippen LogP contribution is -2.07. The van der Waals surface area contributed by atoms with E-state index in [4.69, 9.17) is 0 Å². The van der Waals surface area contributed by atoms with E-state index in [2.05, 4.69) is 199 Å². The Morgan fingerprint density at radius 3 is 1.93 bits per heavy atom. The fraction of sp³-hybridized carbons (Fsp3) is 0.0943. The van der Waals surface area contributed by atoms with Crippen LogP contribution in [0.25, 0.3) is 78.0 Å². The molecule has 0 atom stereocenters. The summed E-state index contributed by atoms with van der Waals surface area (Å²) in [5, 5.41) is 14.4. The van der Waals surface area contributed by atoms with Crippen LogP contribution in [0.15, 0.2) is 152 Å². The molecule has 4 heteroatoms. The average Bonchev–Trinajstić information content (AvgIpc) is 3.69. The highest BCUT2D eigenvalue weighted by atomic mass is 15.1. The van der Waals surface area contributed by atoms with E-state index in [1.807, 2.05) is 13.8 Å². The highest BCUT2D eigenvalue weighted by molar-refractivity contribution is 6.11. The second-order valence-corrected chi connectivity index (χ2v) is 15.2. The first-order chi connectivity index (χ1) is 27.7. The fourth-order valence-electron chi connectivity index (χ4n) is 8.53. The summed E-state index contributed by atoms with van der Waals surface area (Å²) in [7, 11) is 0. The highest BCUT2D eigenvalue weighted by Gasteiger charge is 2.23. The summed E-state index contributed by atoms with van der Waals surface area (Å²) in [6.07, 6.45) is 4.31. The molecule has 0 amide bonds. The van der Waals surface area contributed by atoms with Gasteiger partial charge in [0.05, 0.1) is 39.6 Å². The topological polar surface area (TPSA) is 46.5 Å². The van der Waals surface area contributed by atoms with E-state index in [1.165, 1.54) is 27.5 Å². The Labute approximate surface area is 333 Å². The van der Waals surface area contributed by atoms with Crippen molar-refractivity contribution in [2.45, 2.75) is 34.6 Å². The number of aryl methyl sites for hydroxylation is 4. The molecule has 274 valence electrons. The molecule has 0 aliphatic heterocycles. The summed E-state index contributed by atoms with van der Waals surface area (Å²) in [6.45, 7) is 14.9.